The number of piperazine rings is 1. The van der Waals surface area contributed by atoms with E-state index in [0.717, 1.165) is 12.1 Å². The third-order valence-corrected chi connectivity index (χ3v) is 3.97. The van der Waals surface area contributed by atoms with E-state index in [1.54, 1.807) is 29.2 Å². The highest BCUT2D eigenvalue weighted by molar-refractivity contribution is 5.89. The van der Waals surface area contributed by atoms with Gasteiger partial charge in [0.05, 0.1) is 5.56 Å². The smallest absolute Gasteiger partial charge is 0.335 e. The minimum Gasteiger partial charge on any atom is -0.478 e. The number of hydrogen-bond donors (Lipinski definition) is 2. The number of amides is 1. The Labute approximate surface area is 145 Å². The number of carbonyl (C=O) groups excluding carboxylic acids is 1. The van der Waals surface area contributed by atoms with Gasteiger partial charge < -0.3 is 20.2 Å². The second kappa shape index (κ2) is 7.16. The number of carbonyl (C=O) groups is 2. The summed E-state index contributed by atoms with van der Waals surface area (Å²) in [6.45, 7) is 4.52. The first kappa shape index (κ1) is 16.7. The van der Waals surface area contributed by atoms with E-state index in [1.165, 1.54) is 6.07 Å². The summed E-state index contributed by atoms with van der Waals surface area (Å²) in [5.74, 6) is 0.224. The first-order chi connectivity index (χ1) is 12.0. The molecule has 8 nitrogen and oxygen atoms in total. The van der Waals surface area contributed by atoms with Crippen LogP contribution >= 0.6 is 0 Å². The van der Waals surface area contributed by atoms with Gasteiger partial charge in [-0.25, -0.2) is 9.78 Å². The molecule has 0 atom stereocenters. The molecule has 25 heavy (non-hydrogen) atoms. The van der Waals surface area contributed by atoms with Crippen molar-refractivity contribution < 1.29 is 14.7 Å². The third-order valence-electron chi connectivity index (χ3n) is 3.97. The molecule has 130 valence electrons. The molecule has 1 amide bonds. The maximum Gasteiger partial charge on any atom is 0.335 e. The summed E-state index contributed by atoms with van der Waals surface area (Å²) >= 11 is 0. The number of aromatic carboxylic acids is 1. The molecule has 2 aromatic rings. The Bertz CT molecular complexity index is 788. The quantitative estimate of drug-likeness (QED) is 0.795. The van der Waals surface area contributed by atoms with Crippen LogP contribution in [0.4, 0.5) is 17.5 Å². The van der Waals surface area contributed by atoms with Crippen molar-refractivity contribution in [2.75, 3.05) is 36.4 Å². The topological polar surface area (TPSA) is 98.7 Å². The molecule has 0 spiro atoms. The molecule has 0 aliphatic carbocycles. The Hall–Kier alpha value is -3.16. The van der Waals surface area contributed by atoms with Crippen LogP contribution in [-0.4, -0.2) is 58.5 Å². The van der Waals surface area contributed by atoms with E-state index in [-0.39, 0.29) is 5.56 Å². The van der Waals surface area contributed by atoms with Crippen molar-refractivity contribution in [3.05, 3.63) is 41.6 Å². The van der Waals surface area contributed by atoms with Crippen molar-refractivity contribution in [3.63, 3.8) is 0 Å². The van der Waals surface area contributed by atoms with Crippen molar-refractivity contribution in [1.29, 1.82) is 0 Å². The molecule has 1 aliphatic rings. The Kier molecular flexibility index (Phi) is 4.78. The Morgan fingerprint density at radius 3 is 2.64 bits per heavy atom. The highest BCUT2D eigenvalue weighted by Crippen LogP contribution is 2.20. The lowest BCUT2D eigenvalue weighted by Gasteiger charge is -2.32. The largest absolute Gasteiger partial charge is 0.478 e. The van der Waals surface area contributed by atoms with Gasteiger partial charge in [-0.3, -0.25) is 4.79 Å². The molecule has 1 fully saturated rings. The van der Waals surface area contributed by atoms with Crippen LogP contribution in [0, 0.1) is 6.92 Å². The predicted octanol–water partition coefficient (Wildman–Crippen LogP) is 1.51. The van der Waals surface area contributed by atoms with Gasteiger partial charge in [-0.2, -0.15) is 4.98 Å². The van der Waals surface area contributed by atoms with Crippen LogP contribution in [0.15, 0.2) is 30.3 Å². The number of carboxylic acid groups (broad SMARTS) is 1. The van der Waals surface area contributed by atoms with Crippen LogP contribution in [0.5, 0.6) is 0 Å². The van der Waals surface area contributed by atoms with Gasteiger partial charge >= 0.3 is 5.97 Å². The molecule has 1 aromatic carbocycles. The average Bonchev–Trinajstić information content (AvgIpc) is 2.61. The molecule has 8 heteroatoms. The zero-order valence-electron chi connectivity index (χ0n) is 13.8. The normalized spacial score (nSPS) is 14.3. The van der Waals surface area contributed by atoms with E-state index in [4.69, 9.17) is 5.11 Å². The maximum absolute atomic E-state index is 11.1. The maximum atomic E-state index is 11.1. The first-order valence-electron chi connectivity index (χ1n) is 7.95. The summed E-state index contributed by atoms with van der Waals surface area (Å²) in [4.78, 5) is 34.7. The van der Waals surface area contributed by atoms with Gasteiger partial charge in [0.15, 0.2) is 0 Å². The number of nitrogens with zero attached hydrogens (tertiary/aromatic N) is 4. The highest BCUT2D eigenvalue weighted by Gasteiger charge is 2.18. The molecule has 2 heterocycles. The van der Waals surface area contributed by atoms with E-state index in [0.29, 0.717) is 43.6 Å². The van der Waals surface area contributed by atoms with Gasteiger partial charge in [0.2, 0.25) is 12.4 Å². The van der Waals surface area contributed by atoms with Crippen molar-refractivity contribution in [1.82, 2.24) is 14.9 Å². The lowest BCUT2D eigenvalue weighted by molar-refractivity contribution is -0.118. The van der Waals surface area contributed by atoms with Gasteiger partial charge in [-0.05, 0) is 25.1 Å². The number of aromatic nitrogens is 2. The molecule has 2 N–H and O–H groups in total. The number of carboxylic acids is 1. The van der Waals surface area contributed by atoms with Gasteiger partial charge in [-0.1, -0.05) is 6.07 Å². The van der Waals surface area contributed by atoms with E-state index in [1.807, 2.05) is 11.8 Å². The number of anilines is 3. The summed E-state index contributed by atoms with van der Waals surface area (Å²) in [7, 11) is 0. The molecule has 3 rings (SSSR count). The number of benzene rings is 1. The van der Waals surface area contributed by atoms with Crippen molar-refractivity contribution >= 4 is 29.8 Å². The standard InChI is InChI=1S/C17H19N5O3/c1-12-9-15(19-14-4-2-3-13(10-14)16(24)25)20-17(18-12)22-7-5-21(11-23)6-8-22/h2-4,9-11H,5-8H2,1H3,(H,24,25)(H,18,19,20). The highest BCUT2D eigenvalue weighted by atomic mass is 16.4. The lowest BCUT2D eigenvalue weighted by atomic mass is 10.2. The molecule has 1 aromatic heterocycles. The molecule has 0 saturated carbocycles. The van der Waals surface area contributed by atoms with Crippen LogP contribution in [0.25, 0.3) is 0 Å². The van der Waals surface area contributed by atoms with Crippen LogP contribution in [0.3, 0.4) is 0 Å². The Morgan fingerprint density at radius 2 is 1.96 bits per heavy atom. The zero-order valence-corrected chi connectivity index (χ0v) is 13.8. The molecule has 0 unspecified atom stereocenters. The fourth-order valence-corrected chi connectivity index (χ4v) is 2.66. The Balaban J connectivity index is 1.79. The van der Waals surface area contributed by atoms with E-state index >= 15 is 0 Å². The van der Waals surface area contributed by atoms with Crippen LogP contribution in [0.1, 0.15) is 16.1 Å². The van der Waals surface area contributed by atoms with Crippen LogP contribution in [-0.2, 0) is 4.79 Å². The SMILES string of the molecule is Cc1cc(Nc2cccc(C(=O)O)c2)nc(N2CCN(C=O)CC2)n1. The van der Waals surface area contributed by atoms with Crippen molar-refractivity contribution in [2.24, 2.45) is 0 Å². The summed E-state index contributed by atoms with van der Waals surface area (Å²) in [5, 5.41) is 12.2. The fraction of sp³-hybridized carbons (Fsp3) is 0.294. The minimum absolute atomic E-state index is 0.209. The van der Waals surface area contributed by atoms with E-state index in [9.17, 15) is 9.59 Å². The molecule has 0 radical (unpaired) electrons. The van der Waals surface area contributed by atoms with Gasteiger partial charge in [0.25, 0.3) is 0 Å². The first-order valence-corrected chi connectivity index (χ1v) is 7.95. The van der Waals surface area contributed by atoms with Crippen LogP contribution < -0.4 is 10.2 Å². The molecular formula is C17H19N5O3. The van der Waals surface area contributed by atoms with Gasteiger partial charge in [0, 0.05) is 43.6 Å². The summed E-state index contributed by atoms with van der Waals surface area (Å²) in [6.07, 6.45) is 0.858. The fourth-order valence-electron chi connectivity index (χ4n) is 2.66. The van der Waals surface area contributed by atoms with Crippen LogP contribution in [0.2, 0.25) is 0 Å². The summed E-state index contributed by atoms with van der Waals surface area (Å²) in [6, 6.07) is 8.36. The van der Waals surface area contributed by atoms with E-state index in [2.05, 4.69) is 15.3 Å². The third kappa shape index (κ3) is 4.03. The summed E-state index contributed by atoms with van der Waals surface area (Å²) < 4.78 is 0. The lowest BCUT2D eigenvalue weighted by Crippen LogP contribution is -2.46. The average molecular weight is 341 g/mol. The second-order valence-electron chi connectivity index (χ2n) is 5.83. The van der Waals surface area contributed by atoms with E-state index < -0.39 is 5.97 Å². The molecule has 1 aliphatic heterocycles. The number of aryl methyl sites for hydroxylation is 1. The van der Waals surface area contributed by atoms with Gasteiger partial charge in [-0.15, -0.1) is 0 Å². The minimum atomic E-state index is -0.976. The second-order valence-corrected chi connectivity index (χ2v) is 5.83. The summed E-state index contributed by atoms with van der Waals surface area (Å²) in [5.41, 5.74) is 1.66. The van der Waals surface area contributed by atoms with Crippen molar-refractivity contribution in [2.45, 2.75) is 6.92 Å². The molecule has 0 bridgehead atoms. The Morgan fingerprint density at radius 1 is 1.20 bits per heavy atom. The number of nitrogens with one attached hydrogen (secondary N) is 1. The number of hydrogen-bond acceptors (Lipinski definition) is 6. The zero-order chi connectivity index (χ0) is 17.8. The van der Waals surface area contributed by atoms with Crippen molar-refractivity contribution in [3.8, 4) is 0 Å². The molecule has 1 saturated heterocycles. The van der Waals surface area contributed by atoms with Gasteiger partial charge in [0.1, 0.15) is 5.82 Å². The molecular weight excluding hydrogens is 322 g/mol. The predicted molar refractivity (Wildman–Crippen MR) is 93.3 cm³/mol. The monoisotopic (exact) mass is 341 g/mol. The number of rotatable bonds is 5.